The predicted octanol–water partition coefficient (Wildman–Crippen LogP) is 1.85. The van der Waals surface area contributed by atoms with Gasteiger partial charge >= 0.3 is 12.3 Å². The van der Waals surface area contributed by atoms with E-state index in [0.29, 0.717) is 6.26 Å². The molecule has 11 heavy (non-hydrogen) atoms. The van der Waals surface area contributed by atoms with Crippen molar-refractivity contribution in [2.45, 2.75) is 6.18 Å². The summed E-state index contributed by atoms with van der Waals surface area (Å²) in [6, 6.07) is 0. The summed E-state index contributed by atoms with van der Waals surface area (Å²) < 4.78 is 41.3. The summed E-state index contributed by atoms with van der Waals surface area (Å²) in [5.41, 5.74) is 0. The van der Waals surface area contributed by atoms with Crippen molar-refractivity contribution in [1.29, 1.82) is 0 Å². The van der Waals surface area contributed by atoms with Crippen LogP contribution in [0.4, 0.5) is 18.0 Å². The first kappa shape index (κ1) is 9.80. The Bertz CT molecular complexity index is 152. The van der Waals surface area contributed by atoms with Gasteiger partial charge in [-0.05, 0) is 0 Å². The van der Waals surface area contributed by atoms with Crippen LogP contribution < -0.4 is 0 Å². The molecule has 0 atom stereocenters. The van der Waals surface area contributed by atoms with Crippen LogP contribution in [0.2, 0.25) is 0 Å². The number of hydrogen-bond donors (Lipinski definition) is 0. The lowest BCUT2D eigenvalue weighted by atomic mass is 10.7. The van der Waals surface area contributed by atoms with E-state index in [9.17, 15) is 18.0 Å². The fraction of sp³-hybridized carbons (Fsp3) is 0.400. The molecular weight excluding hydrogens is 165 g/mol. The molecule has 0 N–H and O–H groups in total. The average Bonchev–Trinajstić information content (AvgIpc) is 1.83. The topological polar surface area (TPSA) is 35.5 Å². The second-order valence-electron chi connectivity index (χ2n) is 1.44. The third-order valence-corrected chi connectivity index (χ3v) is 0.533. The Balaban J connectivity index is 3.54. The molecule has 0 aromatic rings. The molecule has 0 aliphatic rings. The van der Waals surface area contributed by atoms with Gasteiger partial charge in [-0.2, -0.15) is 13.2 Å². The molecule has 0 heterocycles. The minimum atomic E-state index is -4.53. The third-order valence-electron chi connectivity index (χ3n) is 0.533. The Morgan fingerprint density at radius 3 is 2.45 bits per heavy atom. The van der Waals surface area contributed by atoms with Gasteiger partial charge < -0.3 is 9.47 Å². The fourth-order valence-electron chi connectivity index (χ4n) is 0.243. The molecule has 0 saturated carbocycles. The van der Waals surface area contributed by atoms with Crippen molar-refractivity contribution < 1.29 is 27.4 Å². The average molecular weight is 170 g/mol. The van der Waals surface area contributed by atoms with Gasteiger partial charge in [0.1, 0.15) is 0 Å². The van der Waals surface area contributed by atoms with E-state index in [1.165, 1.54) is 0 Å². The van der Waals surface area contributed by atoms with Crippen LogP contribution in [0.1, 0.15) is 0 Å². The summed E-state index contributed by atoms with van der Waals surface area (Å²) >= 11 is 0. The summed E-state index contributed by atoms with van der Waals surface area (Å²) in [4.78, 5) is 10.1. The number of carbonyl (C=O) groups excluding carboxylic acids is 1. The maximum Gasteiger partial charge on any atom is 0.513 e. The van der Waals surface area contributed by atoms with Gasteiger partial charge in [0.15, 0.2) is 6.61 Å². The van der Waals surface area contributed by atoms with Crippen molar-refractivity contribution in [2.75, 3.05) is 6.61 Å². The van der Waals surface area contributed by atoms with Crippen molar-refractivity contribution in [2.24, 2.45) is 0 Å². The number of halogens is 3. The zero-order valence-electron chi connectivity index (χ0n) is 5.35. The van der Waals surface area contributed by atoms with Crippen LogP contribution in [0.25, 0.3) is 0 Å². The molecule has 0 saturated heterocycles. The number of ether oxygens (including phenoxy) is 2. The van der Waals surface area contributed by atoms with Gasteiger partial charge in [-0.25, -0.2) is 4.79 Å². The Labute approximate surface area is 60.4 Å². The predicted molar refractivity (Wildman–Crippen MR) is 28.7 cm³/mol. The monoisotopic (exact) mass is 170 g/mol. The minimum absolute atomic E-state index is 0.679. The summed E-state index contributed by atoms with van der Waals surface area (Å²) in [5.74, 6) is 0. The zero-order chi connectivity index (χ0) is 8.91. The molecule has 6 heteroatoms. The van der Waals surface area contributed by atoms with Crippen LogP contribution >= 0.6 is 0 Å². The third kappa shape index (κ3) is 6.69. The highest BCUT2D eigenvalue weighted by Gasteiger charge is 2.29. The lowest BCUT2D eigenvalue weighted by Crippen LogP contribution is -2.19. The van der Waals surface area contributed by atoms with Gasteiger partial charge in [-0.15, -0.1) is 0 Å². The van der Waals surface area contributed by atoms with Gasteiger partial charge in [0.05, 0.1) is 6.26 Å². The Morgan fingerprint density at radius 2 is 2.09 bits per heavy atom. The van der Waals surface area contributed by atoms with Crippen LogP contribution in [0, 0.1) is 0 Å². The molecule has 0 radical (unpaired) electrons. The van der Waals surface area contributed by atoms with Crippen LogP contribution in [0.3, 0.4) is 0 Å². The molecule has 0 amide bonds. The number of alkyl halides is 3. The van der Waals surface area contributed by atoms with Crippen molar-refractivity contribution in [3.05, 3.63) is 12.8 Å². The largest absolute Gasteiger partial charge is 0.513 e. The molecule has 64 valence electrons. The van der Waals surface area contributed by atoms with Crippen molar-refractivity contribution >= 4 is 6.16 Å². The second kappa shape index (κ2) is 3.85. The smallest absolute Gasteiger partial charge is 0.424 e. The number of carbonyl (C=O) groups is 1. The van der Waals surface area contributed by atoms with Crippen molar-refractivity contribution in [3.63, 3.8) is 0 Å². The van der Waals surface area contributed by atoms with Gasteiger partial charge in [0.2, 0.25) is 0 Å². The van der Waals surface area contributed by atoms with E-state index in [0.717, 1.165) is 0 Å². The molecule has 3 nitrogen and oxygen atoms in total. The first-order valence-corrected chi connectivity index (χ1v) is 2.47. The number of hydrogen-bond acceptors (Lipinski definition) is 3. The Morgan fingerprint density at radius 1 is 1.55 bits per heavy atom. The van der Waals surface area contributed by atoms with E-state index in [-0.39, 0.29) is 0 Å². The van der Waals surface area contributed by atoms with Gasteiger partial charge in [0.25, 0.3) is 0 Å². The standard InChI is InChI=1S/C5H5F3O3/c1-2-10-4(9)11-3-5(6,7)8/h2H,1,3H2. The summed E-state index contributed by atoms with van der Waals surface area (Å²) in [7, 11) is 0. The van der Waals surface area contributed by atoms with Crippen LogP contribution in [0.5, 0.6) is 0 Å². The van der Waals surface area contributed by atoms with E-state index in [1.54, 1.807) is 0 Å². The van der Waals surface area contributed by atoms with Crippen molar-refractivity contribution in [1.82, 2.24) is 0 Å². The molecule has 0 bridgehead atoms. The van der Waals surface area contributed by atoms with Gasteiger partial charge in [0, 0.05) is 0 Å². The first-order chi connectivity index (χ1) is 4.95. The molecule has 0 aromatic carbocycles. The zero-order valence-corrected chi connectivity index (χ0v) is 5.35. The maximum absolute atomic E-state index is 11.3. The van der Waals surface area contributed by atoms with Crippen LogP contribution in [-0.4, -0.2) is 18.9 Å². The van der Waals surface area contributed by atoms with E-state index in [2.05, 4.69) is 16.1 Å². The molecule has 0 aliphatic carbocycles. The maximum atomic E-state index is 11.3. The SMILES string of the molecule is C=COC(=O)OCC(F)(F)F. The molecular formula is C5H5F3O3. The quantitative estimate of drug-likeness (QED) is 0.468. The van der Waals surface area contributed by atoms with E-state index in [4.69, 9.17) is 0 Å². The highest BCUT2D eigenvalue weighted by molar-refractivity contribution is 5.60. The summed E-state index contributed by atoms with van der Waals surface area (Å²) in [5, 5.41) is 0. The molecule has 0 unspecified atom stereocenters. The van der Waals surface area contributed by atoms with Crippen LogP contribution in [-0.2, 0) is 9.47 Å². The van der Waals surface area contributed by atoms with Crippen molar-refractivity contribution in [3.8, 4) is 0 Å². The lowest BCUT2D eigenvalue weighted by molar-refractivity contribution is -0.164. The lowest BCUT2D eigenvalue weighted by Gasteiger charge is -2.05. The van der Waals surface area contributed by atoms with E-state index < -0.39 is 18.9 Å². The molecule has 0 aromatic heterocycles. The summed E-state index contributed by atoms with van der Waals surface area (Å²) in [6.45, 7) is 1.29. The Kier molecular flexibility index (Phi) is 3.43. The molecule has 0 aliphatic heterocycles. The normalized spacial score (nSPS) is 10.5. The number of rotatable bonds is 2. The highest BCUT2D eigenvalue weighted by atomic mass is 19.4. The van der Waals surface area contributed by atoms with Crippen LogP contribution in [0.15, 0.2) is 12.8 Å². The highest BCUT2D eigenvalue weighted by Crippen LogP contribution is 2.14. The first-order valence-electron chi connectivity index (χ1n) is 2.47. The fourth-order valence-corrected chi connectivity index (χ4v) is 0.243. The second-order valence-corrected chi connectivity index (χ2v) is 1.44. The summed E-state index contributed by atoms with van der Waals surface area (Å²) in [6.07, 6.45) is -5.27. The van der Waals surface area contributed by atoms with Gasteiger partial charge in [-0.1, -0.05) is 6.58 Å². The van der Waals surface area contributed by atoms with E-state index in [1.807, 2.05) is 0 Å². The van der Waals surface area contributed by atoms with Gasteiger partial charge in [-0.3, -0.25) is 0 Å². The molecule has 0 spiro atoms. The molecule has 0 fully saturated rings. The minimum Gasteiger partial charge on any atom is -0.424 e. The van der Waals surface area contributed by atoms with E-state index >= 15 is 0 Å². The Hall–Kier alpha value is -1.20. The molecule has 0 rings (SSSR count).